The molecule has 0 bridgehead atoms. The van der Waals surface area contributed by atoms with E-state index >= 15 is 0 Å². The molecular formula is C22H36F3N3O8. The summed E-state index contributed by atoms with van der Waals surface area (Å²) in [5.41, 5.74) is 7.03. The molecule has 0 saturated carbocycles. The number of alkyl halides is 3. The number of ether oxygens (including phenoxy) is 1. The van der Waals surface area contributed by atoms with Gasteiger partial charge in [0, 0.05) is 31.9 Å². The number of carbonyl (C=O) groups excluding carboxylic acids is 1. The van der Waals surface area contributed by atoms with Crippen molar-refractivity contribution < 1.29 is 53.3 Å². The second-order valence-electron chi connectivity index (χ2n) is 8.35. The van der Waals surface area contributed by atoms with Gasteiger partial charge in [0.1, 0.15) is 12.2 Å². The van der Waals surface area contributed by atoms with E-state index in [1.54, 1.807) is 29.2 Å². The molecule has 11 nitrogen and oxygen atoms in total. The normalized spacial score (nSPS) is 16.3. The van der Waals surface area contributed by atoms with E-state index in [0.29, 0.717) is 19.4 Å². The van der Waals surface area contributed by atoms with Gasteiger partial charge in [0.25, 0.3) is 0 Å². The van der Waals surface area contributed by atoms with Crippen LogP contribution in [-0.4, -0.2) is 118 Å². The Balaban J connectivity index is 2.51. The minimum atomic E-state index is -5.08. The third-order valence-corrected chi connectivity index (χ3v) is 5.31. The molecule has 1 unspecified atom stereocenters. The second-order valence-corrected chi connectivity index (χ2v) is 8.35. The molecule has 208 valence electrons. The van der Waals surface area contributed by atoms with Crippen molar-refractivity contribution in [1.82, 2.24) is 4.90 Å². The van der Waals surface area contributed by atoms with Gasteiger partial charge in [0.05, 0.1) is 25.4 Å². The lowest BCUT2D eigenvalue weighted by Crippen LogP contribution is -2.47. The quantitative estimate of drug-likeness (QED) is 0.0873. The SMILES string of the molecule is NC(CCCc1ccc(NCCN(C[C@H](O)[C@H](O)CO)C[C@H](O)[C@H](O)CO)cc1)OC(=O)C(F)(F)F. The van der Waals surface area contributed by atoms with E-state index in [9.17, 15) is 38.4 Å². The second kappa shape index (κ2) is 15.9. The molecule has 5 atom stereocenters. The summed E-state index contributed by atoms with van der Waals surface area (Å²) >= 11 is 0. The molecule has 0 aromatic heterocycles. The number of benzene rings is 1. The molecule has 0 heterocycles. The molecule has 0 fully saturated rings. The molecule has 0 spiro atoms. The van der Waals surface area contributed by atoms with Gasteiger partial charge in [-0.2, -0.15) is 13.2 Å². The van der Waals surface area contributed by atoms with Crippen molar-refractivity contribution >= 4 is 11.7 Å². The van der Waals surface area contributed by atoms with Crippen LogP contribution in [0.3, 0.4) is 0 Å². The summed E-state index contributed by atoms with van der Waals surface area (Å²) in [5.74, 6) is -2.32. The largest absolute Gasteiger partial charge is 0.490 e. The topological polar surface area (TPSA) is 189 Å². The maximum Gasteiger partial charge on any atom is 0.490 e. The maximum atomic E-state index is 12.2. The van der Waals surface area contributed by atoms with Crippen LogP contribution in [0.1, 0.15) is 18.4 Å². The van der Waals surface area contributed by atoms with E-state index < -0.39 is 56.0 Å². The Morgan fingerprint density at radius 2 is 1.50 bits per heavy atom. The number of carbonyl (C=O) groups is 1. The monoisotopic (exact) mass is 527 g/mol. The molecule has 14 heteroatoms. The third-order valence-electron chi connectivity index (χ3n) is 5.31. The van der Waals surface area contributed by atoms with Gasteiger partial charge in [-0.05, 0) is 37.0 Å². The zero-order chi connectivity index (χ0) is 27.3. The van der Waals surface area contributed by atoms with Crippen LogP contribution in [0.25, 0.3) is 0 Å². The Morgan fingerprint density at radius 1 is 0.972 bits per heavy atom. The Hall–Kier alpha value is -2.04. The number of esters is 1. The zero-order valence-electron chi connectivity index (χ0n) is 19.7. The molecule has 0 aliphatic rings. The number of anilines is 1. The smallest absolute Gasteiger partial charge is 0.440 e. The number of nitrogens with two attached hydrogens (primary N) is 1. The van der Waals surface area contributed by atoms with Crippen molar-refractivity contribution in [3.05, 3.63) is 29.8 Å². The Kier molecular flexibility index (Phi) is 14.2. The minimum absolute atomic E-state index is 0.0608. The van der Waals surface area contributed by atoms with Crippen LogP contribution in [0.4, 0.5) is 18.9 Å². The Labute approximate surface area is 206 Å². The first-order chi connectivity index (χ1) is 16.9. The maximum absolute atomic E-state index is 12.2. The fourth-order valence-corrected chi connectivity index (χ4v) is 3.19. The lowest BCUT2D eigenvalue weighted by molar-refractivity contribution is -0.204. The number of aliphatic hydroxyl groups excluding tert-OH is 6. The van der Waals surface area contributed by atoms with Crippen LogP contribution in [-0.2, 0) is 16.0 Å². The van der Waals surface area contributed by atoms with E-state index in [0.717, 1.165) is 11.3 Å². The first-order valence-corrected chi connectivity index (χ1v) is 11.4. The van der Waals surface area contributed by atoms with Gasteiger partial charge in [-0.25, -0.2) is 4.79 Å². The van der Waals surface area contributed by atoms with E-state index in [1.807, 2.05) is 0 Å². The molecule has 0 aliphatic heterocycles. The average molecular weight is 528 g/mol. The molecule has 36 heavy (non-hydrogen) atoms. The van der Waals surface area contributed by atoms with E-state index in [2.05, 4.69) is 10.1 Å². The van der Waals surface area contributed by atoms with Crippen LogP contribution < -0.4 is 11.1 Å². The summed E-state index contributed by atoms with van der Waals surface area (Å²) in [5, 5.41) is 60.2. The van der Waals surface area contributed by atoms with Crippen molar-refractivity contribution in [3.63, 3.8) is 0 Å². The van der Waals surface area contributed by atoms with E-state index in [-0.39, 0.29) is 26.1 Å². The number of hydrogen-bond acceptors (Lipinski definition) is 11. The van der Waals surface area contributed by atoms with Crippen LogP contribution in [0.5, 0.6) is 0 Å². The number of halogens is 3. The number of rotatable bonds is 17. The van der Waals surface area contributed by atoms with Crippen molar-refractivity contribution in [3.8, 4) is 0 Å². The van der Waals surface area contributed by atoms with Gasteiger partial charge in [-0.15, -0.1) is 0 Å². The first kappa shape index (κ1) is 32.0. The van der Waals surface area contributed by atoms with Crippen molar-refractivity contribution in [1.29, 1.82) is 0 Å². The fraction of sp³-hybridized carbons (Fsp3) is 0.682. The summed E-state index contributed by atoms with van der Waals surface area (Å²) in [4.78, 5) is 12.3. The lowest BCUT2D eigenvalue weighted by Gasteiger charge is -2.30. The number of nitrogens with one attached hydrogen (secondary N) is 1. The molecule has 0 aliphatic carbocycles. The summed E-state index contributed by atoms with van der Waals surface area (Å²) < 4.78 is 40.7. The summed E-state index contributed by atoms with van der Waals surface area (Å²) in [6.07, 6.45) is -10.8. The molecule has 0 radical (unpaired) electrons. The molecule has 1 rings (SSSR count). The molecule has 1 aromatic rings. The zero-order valence-corrected chi connectivity index (χ0v) is 19.7. The van der Waals surface area contributed by atoms with Crippen molar-refractivity contribution in [2.75, 3.05) is 44.7 Å². The van der Waals surface area contributed by atoms with Crippen LogP contribution >= 0.6 is 0 Å². The fourth-order valence-electron chi connectivity index (χ4n) is 3.19. The summed E-state index contributed by atoms with van der Waals surface area (Å²) in [6.45, 7) is -0.864. The molecule has 9 N–H and O–H groups in total. The van der Waals surface area contributed by atoms with Gasteiger partial charge in [-0.3, -0.25) is 10.6 Å². The van der Waals surface area contributed by atoms with Crippen molar-refractivity contribution in [2.24, 2.45) is 5.73 Å². The van der Waals surface area contributed by atoms with E-state index in [4.69, 9.17) is 15.9 Å². The van der Waals surface area contributed by atoms with E-state index in [1.165, 1.54) is 0 Å². The first-order valence-electron chi connectivity index (χ1n) is 11.4. The highest BCUT2D eigenvalue weighted by molar-refractivity contribution is 5.75. The van der Waals surface area contributed by atoms with Gasteiger partial charge in [-0.1, -0.05) is 12.1 Å². The predicted octanol–water partition coefficient (Wildman–Crippen LogP) is -1.46. The number of nitrogens with zero attached hydrogens (tertiary/aromatic N) is 1. The highest BCUT2D eigenvalue weighted by atomic mass is 19.4. The number of hydrogen-bond donors (Lipinski definition) is 8. The molecule has 0 amide bonds. The summed E-state index contributed by atoms with van der Waals surface area (Å²) in [6, 6.07) is 7.15. The standard InChI is InChI=1S/C22H36F3N3O8/c23-22(24,25)21(35)36-20(26)3-1-2-14-4-6-15(7-5-14)27-8-9-28(10-16(31)18(33)12-29)11-17(32)19(34)13-30/h4-7,16-20,27,29-34H,1-3,8-13,26H2/t16-,17-,18+,19+,20?/m0/s1. The van der Waals surface area contributed by atoms with Crippen LogP contribution in [0.2, 0.25) is 0 Å². The average Bonchev–Trinajstić information content (AvgIpc) is 2.82. The van der Waals surface area contributed by atoms with Gasteiger partial charge < -0.3 is 40.7 Å². The molecule has 1 aromatic carbocycles. The Bertz CT molecular complexity index is 739. The number of aliphatic hydroxyl groups is 6. The highest BCUT2D eigenvalue weighted by Gasteiger charge is 2.41. The van der Waals surface area contributed by atoms with Crippen LogP contribution in [0.15, 0.2) is 24.3 Å². The van der Waals surface area contributed by atoms with Gasteiger partial charge >= 0.3 is 12.1 Å². The minimum Gasteiger partial charge on any atom is -0.440 e. The third kappa shape index (κ3) is 12.3. The van der Waals surface area contributed by atoms with Crippen molar-refractivity contribution in [2.45, 2.75) is 56.1 Å². The Morgan fingerprint density at radius 3 is 1.97 bits per heavy atom. The van der Waals surface area contributed by atoms with Gasteiger partial charge in [0.15, 0.2) is 6.23 Å². The predicted molar refractivity (Wildman–Crippen MR) is 123 cm³/mol. The number of aryl methyl sites for hydroxylation is 1. The lowest BCUT2D eigenvalue weighted by atomic mass is 10.1. The van der Waals surface area contributed by atoms with Gasteiger partial charge in [0.2, 0.25) is 0 Å². The molecule has 0 saturated heterocycles. The van der Waals surface area contributed by atoms with Crippen LogP contribution in [0, 0.1) is 0 Å². The molecular weight excluding hydrogens is 491 g/mol. The highest BCUT2D eigenvalue weighted by Crippen LogP contribution is 2.18. The summed E-state index contributed by atoms with van der Waals surface area (Å²) in [7, 11) is 0.